The molecule has 2 nitrogen and oxygen atoms in total. The zero-order chi connectivity index (χ0) is 8.81. The highest BCUT2D eigenvalue weighted by Gasteiger charge is 2.16. The van der Waals surface area contributed by atoms with E-state index in [2.05, 4.69) is 6.92 Å². The minimum atomic E-state index is -0.0862. The third-order valence-corrected chi connectivity index (χ3v) is 2.34. The Hall–Kier alpha value is -0.530. The van der Waals surface area contributed by atoms with Crippen LogP contribution in [0.4, 0.5) is 0 Å². The molecule has 0 amide bonds. The van der Waals surface area contributed by atoms with Gasteiger partial charge < -0.3 is 4.74 Å². The van der Waals surface area contributed by atoms with E-state index >= 15 is 0 Å². The summed E-state index contributed by atoms with van der Waals surface area (Å²) in [6, 6.07) is 0. The molecule has 0 heterocycles. The van der Waals surface area contributed by atoms with Gasteiger partial charge in [0.2, 0.25) is 0 Å². The highest BCUT2D eigenvalue weighted by molar-refractivity contribution is 5.69. The van der Waals surface area contributed by atoms with Gasteiger partial charge in [-0.05, 0) is 25.2 Å². The highest BCUT2D eigenvalue weighted by Crippen LogP contribution is 2.24. The zero-order valence-corrected chi connectivity index (χ0v) is 7.55. The molecule has 0 aliphatic heterocycles. The lowest BCUT2D eigenvalue weighted by molar-refractivity contribution is -0.144. The molecule has 1 radical (unpaired) electrons. The fourth-order valence-corrected chi connectivity index (χ4v) is 1.60. The van der Waals surface area contributed by atoms with Crippen LogP contribution >= 0.6 is 0 Å². The monoisotopic (exact) mass is 169 g/mol. The van der Waals surface area contributed by atoms with E-state index in [1.54, 1.807) is 0 Å². The average molecular weight is 169 g/mol. The van der Waals surface area contributed by atoms with Crippen molar-refractivity contribution in [3.8, 4) is 0 Å². The molecule has 1 aliphatic rings. The number of rotatable bonds is 4. The summed E-state index contributed by atoms with van der Waals surface area (Å²) in [7, 11) is 0. The number of hydrogen-bond acceptors (Lipinski definition) is 2. The quantitative estimate of drug-likeness (QED) is 0.604. The minimum absolute atomic E-state index is 0.0862. The van der Waals surface area contributed by atoms with Crippen molar-refractivity contribution in [2.75, 3.05) is 6.61 Å². The molecule has 0 unspecified atom stereocenters. The van der Waals surface area contributed by atoms with Crippen LogP contribution in [0.2, 0.25) is 0 Å². The Labute approximate surface area is 74.3 Å². The van der Waals surface area contributed by atoms with Crippen molar-refractivity contribution in [1.82, 2.24) is 0 Å². The van der Waals surface area contributed by atoms with Gasteiger partial charge in [-0.2, -0.15) is 0 Å². The first-order chi connectivity index (χ1) is 5.83. The van der Waals surface area contributed by atoms with Gasteiger partial charge in [-0.1, -0.05) is 19.8 Å². The summed E-state index contributed by atoms with van der Waals surface area (Å²) in [5.41, 5.74) is 0. The lowest BCUT2D eigenvalue weighted by atomic mass is 10.1. The fourth-order valence-electron chi connectivity index (χ4n) is 1.60. The number of ether oxygens (including phenoxy) is 1. The second-order valence-corrected chi connectivity index (χ2v) is 3.44. The number of carbonyl (C=O) groups excluding carboxylic acids is 1. The Morgan fingerprint density at radius 3 is 2.67 bits per heavy atom. The largest absolute Gasteiger partial charge is 0.465 e. The summed E-state index contributed by atoms with van der Waals surface area (Å²) in [6.45, 7) is 4.24. The highest BCUT2D eigenvalue weighted by atomic mass is 16.5. The van der Waals surface area contributed by atoms with E-state index in [-0.39, 0.29) is 5.97 Å². The molecule has 0 atom stereocenters. The lowest BCUT2D eigenvalue weighted by Gasteiger charge is -2.08. The Morgan fingerprint density at radius 2 is 2.08 bits per heavy atom. The first kappa shape index (κ1) is 9.56. The summed E-state index contributed by atoms with van der Waals surface area (Å²) in [5.74, 6) is 0.552. The minimum Gasteiger partial charge on any atom is -0.465 e. The SMILES string of the molecule is [CH2]CCC(=O)OCC1CCCC1. The van der Waals surface area contributed by atoms with Gasteiger partial charge in [-0.25, -0.2) is 0 Å². The van der Waals surface area contributed by atoms with Gasteiger partial charge in [0.15, 0.2) is 0 Å². The lowest BCUT2D eigenvalue weighted by Crippen LogP contribution is -2.11. The number of hydrogen-bond donors (Lipinski definition) is 0. The van der Waals surface area contributed by atoms with Gasteiger partial charge in [-0.3, -0.25) is 4.79 Å². The Morgan fingerprint density at radius 1 is 1.42 bits per heavy atom. The van der Waals surface area contributed by atoms with Gasteiger partial charge in [0, 0.05) is 6.42 Å². The summed E-state index contributed by atoms with van der Waals surface area (Å²) >= 11 is 0. The van der Waals surface area contributed by atoms with E-state index in [4.69, 9.17) is 4.74 Å². The number of esters is 1. The molecule has 0 N–H and O–H groups in total. The first-order valence-electron chi connectivity index (χ1n) is 4.78. The van der Waals surface area contributed by atoms with Crippen LogP contribution in [0.1, 0.15) is 38.5 Å². The standard InChI is InChI=1S/C10H17O2/c1-2-5-10(11)12-8-9-6-3-4-7-9/h9H,1-8H2. The topological polar surface area (TPSA) is 26.3 Å². The van der Waals surface area contributed by atoms with Crippen LogP contribution in [0.15, 0.2) is 0 Å². The maximum atomic E-state index is 10.9. The van der Waals surface area contributed by atoms with Crippen LogP contribution in [-0.2, 0) is 9.53 Å². The van der Waals surface area contributed by atoms with Crippen molar-refractivity contribution in [2.24, 2.45) is 5.92 Å². The van der Waals surface area contributed by atoms with E-state index < -0.39 is 0 Å². The third-order valence-electron chi connectivity index (χ3n) is 2.34. The predicted octanol–water partition coefficient (Wildman–Crippen LogP) is 2.33. The molecule has 69 valence electrons. The molecular weight excluding hydrogens is 152 g/mol. The molecule has 2 heteroatoms. The average Bonchev–Trinajstić information content (AvgIpc) is 2.53. The Bertz CT molecular complexity index is 137. The Balaban J connectivity index is 2.03. The van der Waals surface area contributed by atoms with Crippen molar-refractivity contribution < 1.29 is 9.53 Å². The van der Waals surface area contributed by atoms with E-state index in [1.165, 1.54) is 25.7 Å². The summed E-state index contributed by atoms with van der Waals surface area (Å²) in [5, 5.41) is 0. The van der Waals surface area contributed by atoms with Crippen molar-refractivity contribution in [1.29, 1.82) is 0 Å². The van der Waals surface area contributed by atoms with E-state index in [1.807, 2.05) is 0 Å². The van der Waals surface area contributed by atoms with Crippen molar-refractivity contribution >= 4 is 5.97 Å². The van der Waals surface area contributed by atoms with Crippen molar-refractivity contribution in [3.63, 3.8) is 0 Å². The molecule has 0 aromatic heterocycles. The Kier molecular flexibility index (Phi) is 4.12. The molecule has 12 heavy (non-hydrogen) atoms. The van der Waals surface area contributed by atoms with Crippen LogP contribution in [0.5, 0.6) is 0 Å². The van der Waals surface area contributed by atoms with E-state index in [9.17, 15) is 4.79 Å². The molecular formula is C10H17O2. The molecule has 1 aliphatic carbocycles. The molecule has 0 aromatic carbocycles. The molecule has 1 rings (SSSR count). The molecule has 0 aromatic rings. The first-order valence-corrected chi connectivity index (χ1v) is 4.78. The second kappa shape index (κ2) is 5.18. The maximum Gasteiger partial charge on any atom is 0.305 e. The maximum absolute atomic E-state index is 10.9. The van der Waals surface area contributed by atoms with Crippen LogP contribution in [-0.4, -0.2) is 12.6 Å². The molecule has 0 saturated heterocycles. The molecule has 1 fully saturated rings. The molecule has 1 saturated carbocycles. The van der Waals surface area contributed by atoms with Crippen LogP contribution in [0.3, 0.4) is 0 Å². The normalized spacial score (nSPS) is 18.1. The van der Waals surface area contributed by atoms with Gasteiger partial charge in [0.25, 0.3) is 0 Å². The van der Waals surface area contributed by atoms with Crippen LogP contribution in [0.25, 0.3) is 0 Å². The van der Waals surface area contributed by atoms with E-state index in [0.29, 0.717) is 25.4 Å². The van der Waals surface area contributed by atoms with Crippen LogP contribution in [0, 0.1) is 12.8 Å². The third kappa shape index (κ3) is 3.24. The van der Waals surface area contributed by atoms with Gasteiger partial charge in [0.1, 0.15) is 0 Å². The van der Waals surface area contributed by atoms with E-state index in [0.717, 1.165) is 0 Å². The molecule has 0 spiro atoms. The summed E-state index contributed by atoms with van der Waals surface area (Å²) in [6.07, 6.45) is 6.18. The second-order valence-electron chi connectivity index (χ2n) is 3.44. The smallest absolute Gasteiger partial charge is 0.305 e. The summed E-state index contributed by atoms with van der Waals surface area (Å²) in [4.78, 5) is 10.9. The van der Waals surface area contributed by atoms with Gasteiger partial charge >= 0.3 is 5.97 Å². The van der Waals surface area contributed by atoms with Crippen molar-refractivity contribution in [2.45, 2.75) is 38.5 Å². The zero-order valence-electron chi connectivity index (χ0n) is 7.55. The van der Waals surface area contributed by atoms with Gasteiger partial charge in [-0.15, -0.1) is 0 Å². The van der Waals surface area contributed by atoms with Gasteiger partial charge in [0.05, 0.1) is 6.61 Å². The fraction of sp³-hybridized carbons (Fsp3) is 0.800. The summed E-state index contributed by atoms with van der Waals surface area (Å²) < 4.78 is 5.09. The molecule has 0 bridgehead atoms. The van der Waals surface area contributed by atoms with Crippen molar-refractivity contribution in [3.05, 3.63) is 6.92 Å². The van der Waals surface area contributed by atoms with Crippen LogP contribution < -0.4 is 0 Å². The predicted molar refractivity (Wildman–Crippen MR) is 47.5 cm³/mol. The number of carbonyl (C=O) groups is 1.